The van der Waals surface area contributed by atoms with E-state index in [2.05, 4.69) is 30.1 Å². The van der Waals surface area contributed by atoms with Gasteiger partial charge in [-0.15, -0.1) is 0 Å². The van der Waals surface area contributed by atoms with Gasteiger partial charge >= 0.3 is 5.97 Å². The summed E-state index contributed by atoms with van der Waals surface area (Å²) in [6.45, 7) is 3.66. The number of carbonyl (C=O) groups excluding carboxylic acids is 1. The van der Waals surface area contributed by atoms with Crippen LogP contribution in [0, 0.1) is 0 Å². The minimum atomic E-state index is -0.793. The van der Waals surface area contributed by atoms with Crippen molar-refractivity contribution in [2.45, 2.75) is 37.6 Å². The summed E-state index contributed by atoms with van der Waals surface area (Å²) in [7, 11) is 0. The molecular weight excluding hydrogens is 460 g/mol. The van der Waals surface area contributed by atoms with E-state index >= 15 is 0 Å². The number of nitrogens with zero attached hydrogens (tertiary/aromatic N) is 6. The maximum Gasteiger partial charge on any atom is 0.317 e. The van der Waals surface area contributed by atoms with Crippen LogP contribution >= 0.6 is 0 Å². The third-order valence-corrected chi connectivity index (χ3v) is 7.69. The lowest BCUT2D eigenvalue weighted by Crippen LogP contribution is -2.52. The lowest BCUT2D eigenvalue weighted by atomic mass is 9.80. The Kier molecular flexibility index (Phi) is 5.71. The number of piperazine rings is 1. The second-order valence-corrected chi connectivity index (χ2v) is 9.99. The molecule has 188 valence electrons. The Balaban J connectivity index is 1.21. The number of amides is 1. The third-order valence-electron chi connectivity index (χ3n) is 7.69. The molecule has 3 aromatic rings. The average Bonchev–Trinajstić information content (AvgIpc) is 3.28. The van der Waals surface area contributed by atoms with Crippen molar-refractivity contribution in [1.82, 2.24) is 29.7 Å². The molecule has 5 heterocycles. The van der Waals surface area contributed by atoms with E-state index in [1.165, 1.54) is 6.42 Å². The predicted molar refractivity (Wildman–Crippen MR) is 135 cm³/mol. The van der Waals surface area contributed by atoms with Gasteiger partial charge in [-0.05, 0) is 31.0 Å². The Labute approximate surface area is 208 Å². The smallest absolute Gasteiger partial charge is 0.317 e. The first-order chi connectivity index (χ1) is 17.5. The molecule has 0 atom stereocenters. The fourth-order valence-corrected chi connectivity index (χ4v) is 5.84. The van der Waals surface area contributed by atoms with Crippen molar-refractivity contribution in [2.24, 2.45) is 0 Å². The van der Waals surface area contributed by atoms with Gasteiger partial charge in [-0.2, -0.15) is 4.98 Å². The Hall–Kier alpha value is -3.73. The molecule has 3 N–H and O–H groups in total. The summed E-state index contributed by atoms with van der Waals surface area (Å²) in [4.78, 5) is 41.6. The number of carboxylic acid groups (broad SMARTS) is 1. The molecule has 0 unspecified atom stereocenters. The van der Waals surface area contributed by atoms with Gasteiger partial charge in [-0.1, -0.05) is 19.3 Å². The van der Waals surface area contributed by atoms with E-state index in [0.29, 0.717) is 37.1 Å². The van der Waals surface area contributed by atoms with E-state index < -0.39 is 5.97 Å². The number of hydrogen-bond acceptors (Lipinski definition) is 8. The lowest BCUT2D eigenvalue weighted by molar-refractivity contribution is -0.138. The van der Waals surface area contributed by atoms with Crippen molar-refractivity contribution >= 4 is 40.4 Å². The highest BCUT2D eigenvalue weighted by atomic mass is 16.4. The first-order valence-electron chi connectivity index (χ1n) is 12.6. The molecule has 36 heavy (non-hydrogen) atoms. The largest absolute Gasteiger partial charge is 0.480 e. The second kappa shape index (κ2) is 9.05. The Morgan fingerprint density at radius 2 is 1.89 bits per heavy atom. The zero-order valence-corrected chi connectivity index (χ0v) is 20.1. The maximum absolute atomic E-state index is 12.6. The van der Waals surface area contributed by atoms with E-state index in [-0.39, 0.29) is 18.0 Å². The minimum absolute atomic E-state index is 0.0558. The number of carboxylic acids is 1. The first kappa shape index (κ1) is 22.7. The maximum atomic E-state index is 12.6. The Morgan fingerprint density at radius 1 is 1.08 bits per heavy atom. The van der Waals surface area contributed by atoms with E-state index in [0.717, 1.165) is 55.5 Å². The van der Waals surface area contributed by atoms with Gasteiger partial charge in [-0.3, -0.25) is 14.5 Å². The Bertz CT molecular complexity index is 1290. The van der Waals surface area contributed by atoms with E-state index in [4.69, 9.17) is 10.1 Å². The number of fused-ring (bicyclic) bond motifs is 4. The molecule has 0 bridgehead atoms. The number of rotatable bonds is 5. The zero-order valence-electron chi connectivity index (χ0n) is 20.1. The molecule has 3 aliphatic rings. The summed E-state index contributed by atoms with van der Waals surface area (Å²) in [6, 6.07) is 5.80. The SMILES string of the molecule is O=C(O)CN1CCN(c2ccc(Nc3ncc4cc5n(c4n3)C3(CCCCC3)CNC5=O)nc2)CC1. The molecule has 1 amide bonds. The standard InChI is InChI=1S/C25H30N8O3/c34-21(35)15-31-8-10-32(11-9-31)18-4-5-20(26-14-18)29-24-27-13-17-12-19-23(36)28-16-25(6-2-1-3-7-25)33(19)22(17)30-24/h4-5,12-14H,1-3,6-11,15-16H2,(H,28,36)(H,34,35)(H,26,27,29,30). The van der Waals surface area contributed by atoms with Crippen LogP contribution in [-0.4, -0.2) is 80.7 Å². The van der Waals surface area contributed by atoms with Crippen LogP contribution in [0.3, 0.4) is 0 Å². The fourth-order valence-electron chi connectivity index (χ4n) is 5.84. The number of nitrogens with one attached hydrogen (secondary N) is 2. The molecule has 11 heteroatoms. The van der Waals surface area contributed by atoms with Crippen LogP contribution in [-0.2, 0) is 10.3 Å². The zero-order chi connectivity index (χ0) is 24.7. The molecular formula is C25H30N8O3. The number of anilines is 3. The van der Waals surface area contributed by atoms with Gasteiger partial charge in [0.1, 0.15) is 17.2 Å². The van der Waals surface area contributed by atoms with Gasteiger partial charge in [0.05, 0.1) is 24.0 Å². The first-order valence-corrected chi connectivity index (χ1v) is 12.6. The van der Waals surface area contributed by atoms with Gasteiger partial charge in [0, 0.05) is 44.3 Å². The van der Waals surface area contributed by atoms with Crippen molar-refractivity contribution in [3.8, 4) is 0 Å². The average molecular weight is 491 g/mol. The normalized spacial score (nSPS) is 19.8. The van der Waals surface area contributed by atoms with E-state index in [9.17, 15) is 9.59 Å². The molecule has 0 radical (unpaired) electrons. The molecule has 11 nitrogen and oxygen atoms in total. The number of aromatic nitrogens is 4. The van der Waals surface area contributed by atoms with Crippen molar-refractivity contribution in [3.63, 3.8) is 0 Å². The van der Waals surface area contributed by atoms with Crippen molar-refractivity contribution in [3.05, 3.63) is 36.3 Å². The monoisotopic (exact) mass is 490 g/mol. The van der Waals surface area contributed by atoms with Gasteiger partial charge in [-0.25, -0.2) is 9.97 Å². The van der Waals surface area contributed by atoms with Gasteiger partial charge in [0.2, 0.25) is 5.95 Å². The molecule has 0 aromatic carbocycles. The van der Waals surface area contributed by atoms with Crippen LogP contribution in [0.1, 0.15) is 42.6 Å². The molecule has 1 saturated carbocycles. The molecule has 6 rings (SSSR count). The topological polar surface area (TPSA) is 129 Å². The summed E-state index contributed by atoms with van der Waals surface area (Å²) in [5, 5.41) is 16.1. The summed E-state index contributed by atoms with van der Waals surface area (Å²) in [5.74, 6) is 0.236. The highest BCUT2D eigenvalue weighted by molar-refractivity contribution is 5.99. The van der Waals surface area contributed by atoms with Crippen LogP contribution in [0.25, 0.3) is 11.0 Å². The summed E-state index contributed by atoms with van der Waals surface area (Å²) < 4.78 is 2.16. The summed E-state index contributed by atoms with van der Waals surface area (Å²) in [5.41, 5.74) is 2.33. The molecule has 2 aliphatic heterocycles. The summed E-state index contributed by atoms with van der Waals surface area (Å²) >= 11 is 0. The quantitative estimate of drug-likeness (QED) is 0.493. The van der Waals surface area contributed by atoms with E-state index in [1.807, 2.05) is 29.3 Å². The van der Waals surface area contributed by atoms with Crippen LogP contribution in [0.5, 0.6) is 0 Å². The van der Waals surface area contributed by atoms with E-state index in [1.54, 1.807) is 6.20 Å². The summed E-state index contributed by atoms with van der Waals surface area (Å²) in [6.07, 6.45) is 9.17. The van der Waals surface area contributed by atoms with Crippen LogP contribution in [0.4, 0.5) is 17.5 Å². The van der Waals surface area contributed by atoms with Gasteiger partial charge in [0.25, 0.3) is 5.91 Å². The second-order valence-electron chi connectivity index (χ2n) is 9.99. The van der Waals surface area contributed by atoms with Crippen LogP contribution in [0.2, 0.25) is 0 Å². The molecule has 1 spiro atoms. The molecule has 3 aromatic heterocycles. The van der Waals surface area contributed by atoms with Crippen molar-refractivity contribution < 1.29 is 14.7 Å². The highest BCUT2D eigenvalue weighted by Crippen LogP contribution is 2.40. The molecule has 1 aliphatic carbocycles. The number of hydrogen-bond donors (Lipinski definition) is 3. The minimum Gasteiger partial charge on any atom is -0.480 e. The predicted octanol–water partition coefficient (Wildman–Crippen LogP) is 2.18. The molecule has 2 fully saturated rings. The third kappa shape index (κ3) is 4.13. The van der Waals surface area contributed by atoms with Gasteiger partial charge in [0.15, 0.2) is 0 Å². The van der Waals surface area contributed by atoms with Crippen LogP contribution in [0.15, 0.2) is 30.6 Å². The van der Waals surface area contributed by atoms with Crippen LogP contribution < -0.4 is 15.5 Å². The number of carbonyl (C=O) groups is 2. The highest BCUT2D eigenvalue weighted by Gasteiger charge is 2.41. The van der Waals surface area contributed by atoms with Crippen molar-refractivity contribution in [1.29, 1.82) is 0 Å². The lowest BCUT2D eigenvalue weighted by Gasteiger charge is -2.42. The molecule has 1 saturated heterocycles. The number of aliphatic carboxylic acids is 1. The van der Waals surface area contributed by atoms with Crippen molar-refractivity contribution in [2.75, 3.05) is 49.5 Å². The Morgan fingerprint density at radius 3 is 2.61 bits per heavy atom. The number of pyridine rings is 1. The fraction of sp³-hybridized carbons (Fsp3) is 0.480. The van der Waals surface area contributed by atoms with Gasteiger partial charge < -0.3 is 25.2 Å².